The van der Waals surface area contributed by atoms with Gasteiger partial charge in [0.05, 0.1) is 12.0 Å². The van der Waals surface area contributed by atoms with Crippen molar-refractivity contribution in [1.82, 2.24) is 0 Å². The largest absolute Gasteiger partial charge is 0.508 e. The Morgan fingerprint density at radius 2 is 1.67 bits per heavy atom. The zero-order chi connectivity index (χ0) is 17.4. The van der Waals surface area contributed by atoms with Crippen molar-refractivity contribution < 1.29 is 19.4 Å². The average molecular weight is 334 g/mol. The summed E-state index contributed by atoms with van der Waals surface area (Å²) in [5.41, 5.74) is -0.555. The molecule has 0 unspecified atom stereocenters. The summed E-state index contributed by atoms with van der Waals surface area (Å²) < 4.78 is 10.6. The van der Waals surface area contributed by atoms with Crippen LogP contribution in [0.5, 0.6) is 17.2 Å². The molecule has 0 aliphatic rings. The summed E-state index contributed by atoms with van der Waals surface area (Å²) in [7, 11) is 0. The van der Waals surface area contributed by atoms with Crippen LogP contribution in [0.1, 0.15) is 58.3 Å². The van der Waals surface area contributed by atoms with E-state index >= 15 is 0 Å². The van der Waals surface area contributed by atoms with Crippen LogP contribution in [-0.2, 0) is 0 Å². The first-order chi connectivity index (χ1) is 11.6. The van der Waals surface area contributed by atoms with E-state index in [1.807, 2.05) is 0 Å². The maximum Gasteiger partial charge on any atom is 0.382 e. The lowest BCUT2D eigenvalue weighted by Gasteiger charge is -2.10. The Bertz CT molecular complexity index is 705. The zero-order valence-electron chi connectivity index (χ0n) is 14.2. The molecule has 0 saturated heterocycles. The fraction of sp³-hybridized carbons (Fsp3) is 0.526. The molecule has 0 aliphatic heterocycles. The lowest BCUT2D eigenvalue weighted by atomic mass is 10.1. The highest BCUT2D eigenvalue weighted by molar-refractivity contribution is 5.86. The van der Waals surface area contributed by atoms with E-state index in [1.165, 1.54) is 50.3 Å². The van der Waals surface area contributed by atoms with Gasteiger partial charge in [0, 0.05) is 0 Å². The first-order valence-electron chi connectivity index (χ1n) is 8.75. The number of fused-ring (bicyclic) bond motifs is 1. The molecule has 0 aliphatic carbocycles. The first kappa shape index (κ1) is 18.2. The minimum Gasteiger partial charge on any atom is -0.508 e. The normalized spacial score (nSPS) is 11.0. The van der Waals surface area contributed by atoms with Gasteiger partial charge < -0.3 is 19.4 Å². The number of benzene rings is 1. The molecule has 0 atom stereocenters. The van der Waals surface area contributed by atoms with Crippen molar-refractivity contribution in [1.29, 1.82) is 0 Å². The van der Waals surface area contributed by atoms with E-state index in [-0.39, 0.29) is 17.1 Å². The second-order valence-electron chi connectivity index (χ2n) is 6.07. The number of phenolic OH excluding ortho intramolecular Hbond substituents is 1. The number of aromatic hydroxyl groups is 2. The lowest BCUT2D eigenvalue weighted by Crippen LogP contribution is -2.04. The number of unbranched alkanes of at least 4 members (excludes halogenated alkanes) is 7. The van der Waals surface area contributed by atoms with E-state index in [1.54, 1.807) is 0 Å². The van der Waals surface area contributed by atoms with E-state index in [0.717, 1.165) is 19.3 Å². The molecule has 5 heteroatoms. The summed E-state index contributed by atoms with van der Waals surface area (Å²) >= 11 is 0. The van der Waals surface area contributed by atoms with Gasteiger partial charge in [0.2, 0.25) is 5.75 Å². The Kier molecular flexibility index (Phi) is 6.97. The molecule has 2 N–H and O–H groups in total. The van der Waals surface area contributed by atoms with Crippen LogP contribution in [0.2, 0.25) is 0 Å². The van der Waals surface area contributed by atoms with E-state index in [4.69, 9.17) is 9.15 Å². The molecule has 2 rings (SSSR count). The summed E-state index contributed by atoms with van der Waals surface area (Å²) in [5, 5.41) is 19.9. The zero-order valence-corrected chi connectivity index (χ0v) is 14.2. The Labute approximate surface area is 141 Å². The predicted molar refractivity (Wildman–Crippen MR) is 93.9 cm³/mol. The lowest BCUT2D eigenvalue weighted by molar-refractivity contribution is 0.285. The SMILES string of the molecule is CCCCCCCCCCOc1c(O)c(=O)oc2ccc(O)cc12. The molecule has 1 aromatic heterocycles. The topological polar surface area (TPSA) is 79.9 Å². The van der Waals surface area contributed by atoms with Crippen LogP contribution in [0, 0.1) is 0 Å². The molecule has 132 valence electrons. The summed E-state index contributed by atoms with van der Waals surface area (Å²) in [6.45, 7) is 2.62. The van der Waals surface area contributed by atoms with E-state index in [2.05, 4.69) is 6.92 Å². The molecule has 0 saturated carbocycles. The van der Waals surface area contributed by atoms with Crippen molar-refractivity contribution in [3.63, 3.8) is 0 Å². The molecule has 0 fully saturated rings. The summed E-state index contributed by atoms with van der Waals surface area (Å²) in [6.07, 6.45) is 9.44. The number of hydrogen-bond donors (Lipinski definition) is 2. The van der Waals surface area contributed by atoms with Gasteiger partial charge in [0.15, 0.2) is 5.75 Å². The summed E-state index contributed by atoms with van der Waals surface area (Å²) in [4.78, 5) is 11.6. The minimum absolute atomic E-state index is 0.0210. The van der Waals surface area contributed by atoms with Crippen molar-refractivity contribution >= 4 is 11.0 Å². The van der Waals surface area contributed by atoms with Crippen molar-refractivity contribution in [2.45, 2.75) is 58.3 Å². The fourth-order valence-corrected chi connectivity index (χ4v) is 2.71. The summed E-state index contributed by atoms with van der Waals surface area (Å²) in [5.74, 6) is -0.444. The van der Waals surface area contributed by atoms with Gasteiger partial charge in [-0.25, -0.2) is 4.79 Å². The van der Waals surface area contributed by atoms with Crippen molar-refractivity contribution in [3.8, 4) is 17.2 Å². The molecule has 2 aromatic rings. The van der Waals surface area contributed by atoms with Crippen LogP contribution in [0.3, 0.4) is 0 Å². The maximum atomic E-state index is 11.6. The van der Waals surface area contributed by atoms with Crippen molar-refractivity contribution in [2.24, 2.45) is 0 Å². The smallest absolute Gasteiger partial charge is 0.382 e. The first-order valence-corrected chi connectivity index (χ1v) is 8.75. The van der Waals surface area contributed by atoms with E-state index < -0.39 is 11.4 Å². The molecule has 0 spiro atoms. The molecule has 0 bridgehead atoms. The molecule has 1 heterocycles. The second-order valence-corrected chi connectivity index (χ2v) is 6.07. The van der Waals surface area contributed by atoms with Crippen LogP contribution >= 0.6 is 0 Å². The van der Waals surface area contributed by atoms with Gasteiger partial charge in [-0.1, -0.05) is 51.9 Å². The third kappa shape index (κ3) is 4.91. The van der Waals surface area contributed by atoms with Gasteiger partial charge in [0.25, 0.3) is 0 Å². The van der Waals surface area contributed by atoms with Crippen LogP contribution in [0.25, 0.3) is 11.0 Å². The number of hydrogen-bond acceptors (Lipinski definition) is 5. The second kappa shape index (κ2) is 9.21. The third-order valence-corrected chi connectivity index (χ3v) is 4.06. The molecule has 0 radical (unpaired) electrons. The Morgan fingerprint density at radius 1 is 1.00 bits per heavy atom. The third-order valence-electron chi connectivity index (χ3n) is 4.06. The van der Waals surface area contributed by atoms with E-state index in [9.17, 15) is 15.0 Å². The monoisotopic (exact) mass is 334 g/mol. The standard InChI is InChI=1S/C19H26O5/c1-2-3-4-5-6-7-8-9-12-23-18-15-13-14(20)10-11-16(15)24-19(22)17(18)21/h10-11,13,20-21H,2-9,12H2,1H3. The van der Waals surface area contributed by atoms with Crippen LogP contribution in [0.15, 0.2) is 27.4 Å². The Hall–Kier alpha value is -2.17. The molecule has 0 amide bonds. The predicted octanol–water partition coefficient (Wildman–Crippen LogP) is 4.72. The van der Waals surface area contributed by atoms with Crippen molar-refractivity contribution in [3.05, 3.63) is 28.6 Å². The van der Waals surface area contributed by atoms with Gasteiger partial charge >= 0.3 is 5.63 Å². The molecule has 24 heavy (non-hydrogen) atoms. The quantitative estimate of drug-likeness (QED) is 0.485. The van der Waals surface area contributed by atoms with Crippen LogP contribution in [0.4, 0.5) is 0 Å². The highest BCUT2D eigenvalue weighted by atomic mass is 16.5. The van der Waals surface area contributed by atoms with Gasteiger partial charge in [-0.2, -0.15) is 0 Å². The van der Waals surface area contributed by atoms with E-state index in [0.29, 0.717) is 12.0 Å². The Balaban J connectivity index is 1.87. The van der Waals surface area contributed by atoms with Crippen molar-refractivity contribution in [2.75, 3.05) is 6.61 Å². The van der Waals surface area contributed by atoms with Crippen LogP contribution in [-0.4, -0.2) is 16.8 Å². The minimum atomic E-state index is -0.834. The molecule has 5 nitrogen and oxygen atoms in total. The fourth-order valence-electron chi connectivity index (χ4n) is 2.71. The molecular weight excluding hydrogens is 308 g/mol. The summed E-state index contributed by atoms with van der Waals surface area (Å²) in [6, 6.07) is 4.32. The highest BCUT2D eigenvalue weighted by Crippen LogP contribution is 2.34. The maximum absolute atomic E-state index is 11.6. The highest BCUT2D eigenvalue weighted by Gasteiger charge is 2.15. The molecular formula is C19H26O5. The molecule has 1 aromatic carbocycles. The number of rotatable bonds is 10. The van der Waals surface area contributed by atoms with Gasteiger partial charge in [-0.15, -0.1) is 0 Å². The van der Waals surface area contributed by atoms with Gasteiger partial charge in [0.1, 0.15) is 11.3 Å². The van der Waals surface area contributed by atoms with Gasteiger partial charge in [-0.3, -0.25) is 0 Å². The average Bonchev–Trinajstić information content (AvgIpc) is 2.57. The number of ether oxygens (including phenoxy) is 1. The van der Waals surface area contributed by atoms with Crippen LogP contribution < -0.4 is 10.4 Å². The Morgan fingerprint density at radius 3 is 2.38 bits per heavy atom. The number of phenols is 1. The van der Waals surface area contributed by atoms with Gasteiger partial charge in [-0.05, 0) is 24.6 Å².